The summed E-state index contributed by atoms with van der Waals surface area (Å²) in [5.74, 6) is 1.10. The van der Waals surface area contributed by atoms with Gasteiger partial charge in [-0.15, -0.1) is 0 Å². The van der Waals surface area contributed by atoms with Gasteiger partial charge < -0.3 is 4.84 Å². The van der Waals surface area contributed by atoms with Crippen molar-refractivity contribution in [1.29, 1.82) is 0 Å². The van der Waals surface area contributed by atoms with Gasteiger partial charge in [0.05, 0.1) is 0 Å². The van der Waals surface area contributed by atoms with E-state index in [9.17, 15) is 4.79 Å². The fourth-order valence-corrected chi connectivity index (χ4v) is 1.37. The number of carbonyl (C=O) groups excluding carboxylic acids is 1. The largest absolute Gasteiger partial charge is 0.394 e. The maximum atomic E-state index is 10.5. The van der Waals surface area contributed by atoms with E-state index in [1.165, 1.54) is 12.8 Å². The van der Waals surface area contributed by atoms with E-state index in [4.69, 9.17) is 4.84 Å². The molecule has 1 saturated carbocycles. The van der Waals surface area contributed by atoms with Gasteiger partial charge in [-0.1, -0.05) is 29.4 Å². The maximum Gasteiger partial charge on any atom is 0.198 e. The van der Waals surface area contributed by atoms with Gasteiger partial charge in [-0.3, -0.25) is 4.79 Å². The van der Waals surface area contributed by atoms with Crippen LogP contribution in [0, 0.1) is 5.92 Å². The molecule has 0 atom stereocenters. The van der Waals surface area contributed by atoms with Crippen molar-refractivity contribution in [3.63, 3.8) is 0 Å². The van der Waals surface area contributed by atoms with E-state index in [1.54, 1.807) is 24.3 Å². The standard InChI is InChI=1S/C13H14N2O2/c1-14-13(15-17-9-11-2-3-11)12-6-4-10(8-16)5-7-12/h4-8,11H,1-3,9H2/b15-13-. The van der Waals surface area contributed by atoms with E-state index in [2.05, 4.69) is 16.9 Å². The number of rotatable bonds is 5. The highest BCUT2D eigenvalue weighted by Crippen LogP contribution is 2.28. The number of aldehydes is 1. The lowest BCUT2D eigenvalue weighted by molar-refractivity contribution is 0.112. The highest BCUT2D eigenvalue weighted by atomic mass is 16.6. The molecule has 0 amide bonds. The predicted molar refractivity (Wildman–Crippen MR) is 66.6 cm³/mol. The SMILES string of the molecule is C=N/C(=N\OCC1CC1)c1ccc(C=O)cc1. The van der Waals surface area contributed by atoms with E-state index >= 15 is 0 Å². The number of benzene rings is 1. The zero-order chi connectivity index (χ0) is 12.1. The van der Waals surface area contributed by atoms with Crippen LogP contribution in [-0.4, -0.2) is 25.4 Å². The molecule has 4 nitrogen and oxygen atoms in total. The molecule has 0 aromatic heterocycles. The van der Waals surface area contributed by atoms with Crippen molar-refractivity contribution in [2.24, 2.45) is 16.1 Å². The van der Waals surface area contributed by atoms with Crippen LogP contribution >= 0.6 is 0 Å². The summed E-state index contributed by atoms with van der Waals surface area (Å²) >= 11 is 0. The zero-order valence-corrected chi connectivity index (χ0v) is 9.50. The first-order valence-corrected chi connectivity index (χ1v) is 5.56. The van der Waals surface area contributed by atoms with Crippen LogP contribution in [0.5, 0.6) is 0 Å². The quantitative estimate of drug-likeness (QED) is 0.337. The third-order valence-corrected chi connectivity index (χ3v) is 2.61. The van der Waals surface area contributed by atoms with Gasteiger partial charge in [0, 0.05) is 11.1 Å². The minimum atomic E-state index is 0.447. The van der Waals surface area contributed by atoms with Crippen LogP contribution in [0.25, 0.3) is 0 Å². The summed E-state index contributed by atoms with van der Waals surface area (Å²) in [6.07, 6.45) is 3.24. The van der Waals surface area contributed by atoms with Gasteiger partial charge >= 0.3 is 0 Å². The number of carbonyl (C=O) groups is 1. The average Bonchev–Trinajstić information content (AvgIpc) is 3.19. The van der Waals surface area contributed by atoms with Gasteiger partial charge in [-0.2, -0.15) is 0 Å². The molecule has 1 fully saturated rings. The van der Waals surface area contributed by atoms with Crippen molar-refractivity contribution >= 4 is 18.8 Å². The van der Waals surface area contributed by atoms with Crippen LogP contribution in [0.15, 0.2) is 34.4 Å². The Balaban J connectivity index is 2.03. The number of hydrogen-bond donors (Lipinski definition) is 0. The van der Waals surface area contributed by atoms with Crippen LogP contribution in [0.1, 0.15) is 28.8 Å². The van der Waals surface area contributed by atoms with E-state index in [0.717, 1.165) is 11.8 Å². The van der Waals surface area contributed by atoms with E-state index in [1.807, 2.05) is 0 Å². The lowest BCUT2D eigenvalue weighted by Crippen LogP contribution is -2.00. The molecule has 4 heteroatoms. The summed E-state index contributed by atoms with van der Waals surface area (Å²) in [4.78, 5) is 19.5. The average molecular weight is 230 g/mol. The summed E-state index contributed by atoms with van der Waals surface area (Å²) in [6.45, 7) is 4.11. The fourth-order valence-electron chi connectivity index (χ4n) is 1.37. The normalized spacial score (nSPS) is 15.4. The summed E-state index contributed by atoms with van der Waals surface area (Å²) in [5.41, 5.74) is 1.41. The van der Waals surface area contributed by atoms with Crippen LogP contribution in [-0.2, 0) is 4.84 Å². The molecule has 1 aliphatic carbocycles. The van der Waals surface area contributed by atoms with Crippen LogP contribution in [0.4, 0.5) is 0 Å². The summed E-state index contributed by atoms with van der Waals surface area (Å²) in [5, 5.41) is 3.95. The molecule has 1 aromatic carbocycles. The third kappa shape index (κ3) is 3.24. The molecular formula is C13H14N2O2. The Hall–Kier alpha value is -1.97. The van der Waals surface area contributed by atoms with Gasteiger partial charge in [-0.25, -0.2) is 4.99 Å². The highest BCUT2D eigenvalue weighted by Gasteiger charge is 2.21. The van der Waals surface area contributed by atoms with Gasteiger partial charge in [0.2, 0.25) is 0 Å². The molecule has 0 spiro atoms. The number of hydrogen-bond acceptors (Lipinski definition) is 3. The van der Waals surface area contributed by atoms with E-state index < -0.39 is 0 Å². The molecule has 17 heavy (non-hydrogen) atoms. The molecule has 0 bridgehead atoms. The Morgan fingerprint density at radius 1 is 1.41 bits per heavy atom. The Morgan fingerprint density at radius 3 is 2.65 bits per heavy atom. The zero-order valence-electron chi connectivity index (χ0n) is 9.50. The molecule has 0 aliphatic heterocycles. The van der Waals surface area contributed by atoms with Crippen LogP contribution in [0.3, 0.4) is 0 Å². The molecule has 0 unspecified atom stereocenters. The molecule has 1 aromatic rings. The first kappa shape index (κ1) is 11.5. The van der Waals surface area contributed by atoms with E-state index in [0.29, 0.717) is 23.9 Å². The first-order valence-electron chi connectivity index (χ1n) is 5.56. The van der Waals surface area contributed by atoms with Crippen molar-refractivity contribution in [2.45, 2.75) is 12.8 Å². The second-order valence-corrected chi connectivity index (χ2v) is 4.05. The smallest absolute Gasteiger partial charge is 0.198 e. The lowest BCUT2D eigenvalue weighted by Gasteiger charge is -2.01. The van der Waals surface area contributed by atoms with Crippen molar-refractivity contribution in [1.82, 2.24) is 0 Å². The maximum absolute atomic E-state index is 10.5. The van der Waals surface area contributed by atoms with Crippen molar-refractivity contribution in [3.8, 4) is 0 Å². The highest BCUT2D eigenvalue weighted by molar-refractivity contribution is 6.01. The molecule has 0 radical (unpaired) electrons. The second kappa shape index (κ2) is 5.39. The lowest BCUT2D eigenvalue weighted by atomic mass is 10.1. The Labute approximate surface area is 100.0 Å². The molecule has 0 heterocycles. The molecule has 88 valence electrons. The Bertz CT molecular complexity index is 433. The summed E-state index contributed by atoms with van der Waals surface area (Å²) in [6, 6.07) is 6.98. The number of amidine groups is 1. The molecule has 0 N–H and O–H groups in total. The predicted octanol–water partition coefficient (Wildman–Crippen LogP) is 2.29. The van der Waals surface area contributed by atoms with Gasteiger partial charge in [0.15, 0.2) is 5.84 Å². The number of oxime groups is 1. The summed E-state index contributed by atoms with van der Waals surface area (Å²) in [7, 11) is 0. The minimum absolute atomic E-state index is 0.447. The Morgan fingerprint density at radius 2 is 2.12 bits per heavy atom. The van der Waals surface area contributed by atoms with Gasteiger partial charge in [0.25, 0.3) is 0 Å². The minimum Gasteiger partial charge on any atom is -0.394 e. The molecular weight excluding hydrogens is 216 g/mol. The van der Waals surface area contributed by atoms with Gasteiger partial charge in [-0.05, 0) is 25.5 Å². The van der Waals surface area contributed by atoms with Gasteiger partial charge in [0.1, 0.15) is 12.9 Å². The van der Waals surface area contributed by atoms with Crippen LogP contribution < -0.4 is 0 Å². The molecule has 2 rings (SSSR count). The monoisotopic (exact) mass is 230 g/mol. The topological polar surface area (TPSA) is 51.0 Å². The summed E-state index contributed by atoms with van der Waals surface area (Å²) < 4.78 is 0. The third-order valence-electron chi connectivity index (χ3n) is 2.61. The molecule has 1 aliphatic rings. The van der Waals surface area contributed by atoms with E-state index in [-0.39, 0.29) is 0 Å². The molecule has 0 saturated heterocycles. The Kier molecular flexibility index (Phi) is 3.65. The van der Waals surface area contributed by atoms with Crippen molar-refractivity contribution in [2.75, 3.05) is 6.61 Å². The van der Waals surface area contributed by atoms with Crippen molar-refractivity contribution in [3.05, 3.63) is 35.4 Å². The second-order valence-electron chi connectivity index (χ2n) is 4.05. The number of aliphatic imine (C=N–C) groups is 1. The van der Waals surface area contributed by atoms with Crippen LogP contribution in [0.2, 0.25) is 0 Å². The van der Waals surface area contributed by atoms with Crippen molar-refractivity contribution < 1.29 is 9.63 Å². The first-order chi connectivity index (χ1) is 8.33. The number of nitrogens with zero attached hydrogens (tertiary/aromatic N) is 2. The fraction of sp³-hybridized carbons (Fsp3) is 0.308.